The topological polar surface area (TPSA) is 86.8 Å². The zero-order chi connectivity index (χ0) is 28.8. The summed E-state index contributed by atoms with van der Waals surface area (Å²) < 4.78 is 29.8. The van der Waals surface area contributed by atoms with Gasteiger partial charge in [0.25, 0.3) is 10.0 Å². The minimum atomic E-state index is -4.09. The van der Waals surface area contributed by atoms with Gasteiger partial charge in [-0.25, -0.2) is 8.42 Å². The Morgan fingerprint density at radius 1 is 0.949 bits per heavy atom. The Bertz CT molecular complexity index is 1400. The van der Waals surface area contributed by atoms with E-state index in [1.165, 1.54) is 17.0 Å². The van der Waals surface area contributed by atoms with Crippen LogP contribution in [0.1, 0.15) is 45.7 Å². The zero-order valence-corrected chi connectivity index (χ0v) is 25.4. The molecule has 0 radical (unpaired) electrons. The van der Waals surface area contributed by atoms with E-state index in [1.54, 1.807) is 37.3 Å². The molecule has 0 aromatic heterocycles. The third kappa shape index (κ3) is 7.92. The molecule has 0 bridgehead atoms. The van der Waals surface area contributed by atoms with Crippen LogP contribution < -0.4 is 9.62 Å². The van der Waals surface area contributed by atoms with E-state index in [4.69, 9.17) is 0 Å². The SMILES string of the molecule is CCc1ccccc1N(CC(=O)N(Cc1cccc(Br)c1)[C@@H](C)C(=O)NC(C)(C)C)S(=O)(=O)c1ccccc1. The van der Waals surface area contributed by atoms with Crippen molar-refractivity contribution in [2.75, 3.05) is 10.8 Å². The first-order chi connectivity index (χ1) is 18.3. The van der Waals surface area contributed by atoms with Crippen molar-refractivity contribution in [3.63, 3.8) is 0 Å². The third-order valence-corrected chi connectivity index (χ3v) is 8.43. The maximum absolute atomic E-state index is 14.0. The highest BCUT2D eigenvalue weighted by Gasteiger charge is 2.34. The maximum atomic E-state index is 14.0. The molecule has 3 rings (SSSR count). The summed E-state index contributed by atoms with van der Waals surface area (Å²) in [5.41, 5.74) is 1.53. The first-order valence-electron chi connectivity index (χ1n) is 12.8. The van der Waals surface area contributed by atoms with Gasteiger partial charge in [0.1, 0.15) is 12.6 Å². The van der Waals surface area contributed by atoms with Crippen LogP contribution in [0.25, 0.3) is 0 Å². The molecule has 2 amide bonds. The van der Waals surface area contributed by atoms with Crippen molar-refractivity contribution in [2.24, 2.45) is 0 Å². The number of nitrogens with zero attached hydrogens (tertiary/aromatic N) is 2. The van der Waals surface area contributed by atoms with E-state index in [9.17, 15) is 18.0 Å². The summed E-state index contributed by atoms with van der Waals surface area (Å²) in [4.78, 5) is 28.7. The zero-order valence-electron chi connectivity index (χ0n) is 23.0. The average Bonchev–Trinajstić information content (AvgIpc) is 2.89. The Hall–Kier alpha value is -3.17. The summed E-state index contributed by atoms with van der Waals surface area (Å²) in [5, 5.41) is 2.94. The average molecular weight is 615 g/mol. The number of nitrogens with one attached hydrogen (secondary N) is 1. The molecule has 7 nitrogen and oxygen atoms in total. The van der Waals surface area contributed by atoms with Crippen molar-refractivity contribution in [3.8, 4) is 0 Å². The number of carbonyl (C=O) groups is 2. The summed E-state index contributed by atoms with van der Waals surface area (Å²) in [6, 6.07) is 21.8. The molecule has 208 valence electrons. The number of rotatable bonds is 10. The number of carbonyl (C=O) groups excluding carboxylic acids is 2. The lowest BCUT2D eigenvalue weighted by Crippen LogP contribution is -2.54. The number of hydrogen-bond acceptors (Lipinski definition) is 4. The van der Waals surface area contributed by atoms with Crippen LogP contribution in [0.15, 0.2) is 88.2 Å². The van der Waals surface area contributed by atoms with E-state index in [1.807, 2.05) is 64.1 Å². The van der Waals surface area contributed by atoms with E-state index in [2.05, 4.69) is 21.2 Å². The highest BCUT2D eigenvalue weighted by atomic mass is 79.9. The van der Waals surface area contributed by atoms with Crippen LogP contribution >= 0.6 is 15.9 Å². The molecule has 0 saturated heterocycles. The molecule has 0 heterocycles. The molecule has 39 heavy (non-hydrogen) atoms. The van der Waals surface area contributed by atoms with Gasteiger partial charge in [-0.1, -0.05) is 71.4 Å². The molecule has 3 aromatic carbocycles. The van der Waals surface area contributed by atoms with Gasteiger partial charge in [-0.05, 0) is 75.6 Å². The first-order valence-corrected chi connectivity index (χ1v) is 15.1. The van der Waals surface area contributed by atoms with Crippen molar-refractivity contribution in [1.82, 2.24) is 10.2 Å². The van der Waals surface area contributed by atoms with Crippen LogP contribution in [0.3, 0.4) is 0 Å². The lowest BCUT2D eigenvalue weighted by Gasteiger charge is -2.34. The number of hydrogen-bond donors (Lipinski definition) is 1. The van der Waals surface area contributed by atoms with Gasteiger partial charge in [0, 0.05) is 16.6 Å². The Kier molecular flexibility index (Phi) is 9.96. The highest BCUT2D eigenvalue weighted by molar-refractivity contribution is 9.10. The molecule has 0 unspecified atom stereocenters. The van der Waals surface area contributed by atoms with Gasteiger partial charge in [-0.2, -0.15) is 0 Å². The molecule has 0 spiro atoms. The largest absolute Gasteiger partial charge is 0.350 e. The fraction of sp³-hybridized carbons (Fsp3) is 0.333. The third-order valence-electron chi connectivity index (χ3n) is 6.16. The number of aryl methyl sites for hydroxylation is 1. The molecular formula is C30H36BrN3O4S. The van der Waals surface area contributed by atoms with Crippen molar-refractivity contribution in [1.29, 1.82) is 0 Å². The molecule has 0 saturated carbocycles. The van der Waals surface area contributed by atoms with E-state index >= 15 is 0 Å². The van der Waals surface area contributed by atoms with Crippen molar-refractivity contribution in [2.45, 2.75) is 64.1 Å². The minimum absolute atomic E-state index is 0.0840. The molecule has 1 atom stereocenters. The molecule has 9 heteroatoms. The Morgan fingerprint density at radius 2 is 1.59 bits per heavy atom. The summed E-state index contributed by atoms with van der Waals surface area (Å²) in [7, 11) is -4.09. The lowest BCUT2D eigenvalue weighted by atomic mass is 10.1. The van der Waals surface area contributed by atoms with Crippen LogP contribution in [-0.2, 0) is 32.6 Å². The van der Waals surface area contributed by atoms with E-state index < -0.39 is 34.1 Å². The summed E-state index contributed by atoms with van der Waals surface area (Å²) in [6.45, 7) is 8.87. The smallest absolute Gasteiger partial charge is 0.264 e. The fourth-order valence-electron chi connectivity index (χ4n) is 4.17. The summed E-state index contributed by atoms with van der Waals surface area (Å²) in [5.74, 6) is -0.811. The maximum Gasteiger partial charge on any atom is 0.264 e. The van der Waals surface area contributed by atoms with Gasteiger partial charge >= 0.3 is 0 Å². The Morgan fingerprint density at radius 3 is 2.21 bits per heavy atom. The van der Waals surface area contributed by atoms with E-state index in [0.717, 1.165) is 19.9 Å². The van der Waals surface area contributed by atoms with Gasteiger partial charge in [0.05, 0.1) is 10.6 Å². The van der Waals surface area contributed by atoms with Gasteiger partial charge in [0.2, 0.25) is 11.8 Å². The second-order valence-electron chi connectivity index (χ2n) is 10.4. The van der Waals surface area contributed by atoms with Crippen molar-refractivity contribution in [3.05, 3.63) is 94.5 Å². The van der Waals surface area contributed by atoms with Crippen LogP contribution in [-0.4, -0.2) is 43.3 Å². The minimum Gasteiger partial charge on any atom is -0.350 e. The van der Waals surface area contributed by atoms with Crippen molar-refractivity contribution < 1.29 is 18.0 Å². The second kappa shape index (κ2) is 12.8. The van der Waals surface area contributed by atoms with Crippen LogP contribution in [0, 0.1) is 0 Å². The lowest BCUT2D eigenvalue weighted by molar-refractivity contribution is -0.140. The first kappa shape index (κ1) is 30.4. The molecule has 0 fully saturated rings. The van der Waals surface area contributed by atoms with Crippen molar-refractivity contribution >= 4 is 43.5 Å². The Balaban J connectivity index is 2.07. The number of para-hydroxylation sites is 1. The molecule has 0 aliphatic carbocycles. The molecule has 3 aromatic rings. The second-order valence-corrected chi connectivity index (χ2v) is 13.2. The Labute approximate surface area is 240 Å². The van der Waals surface area contributed by atoms with Crippen LogP contribution in [0.4, 0.5) is 5.69 Å². The van der Waals surface area contributed by atoms with Gasteiger partial charge < -0.3 is 10.2 Å². The molecule has 0 aliphatic heterocycles. The summed E-state index contributed by atoms with van der Waals surface area (Å²) >= 11 is 3.46. The molecular weight excluding hydrogens is 578 g/mol. The quantitative estimate of drug-likeness (QED) is 0.325. The monoisotopic (exact) mass is 613 g/mol. The number of sulfonamides is 1. The fourth-order valence-corrected chi connectivity index (χ4v) is 6.09. The predicted octanol–water partition coefficient (Wildman–Crippen LogP) is 5.54. The number of benzene rings is 3. The van der Waals surface area contributed by atoms with Gasteiger partial charge in [-0.3, -0.25) is 13.9 Å². The predicted molar refractivity (Wildman–Crippen MR) is 159 cm³/mol. The highest BCUT2D eigenvalue weighted by Crippen LogP contribution is 2.28. The standard InChI is InChI=1S/C30H36BrN3O4S/c1-6-24-14-10-11-18-27(24)34(39(37,38)26-16-8-7-9-17-26)21-28(35)33(20-23-13-12-15-25(31)19-23)22(2)29(36)32-30(3,4)5/h7-19,22H,6,20-21H2,1-5H3,(H,32,36)/t22-/m0/s1. The number of anilines is 1. The number of halogens is 1. The van der Waals surface area contributed by atoms with Crippen LogP contribution in [0.2, 0.25) is 0 Å². The molecule has 0 aliphatic rings. The molecule has 1 N–H and O–H groups in total. The van der Waals surface area contributed by atoms with Crippen LogP contribution in [0.5, 0.6) is 0 Å². The van der Waals surface area contributed by atoms with Gasteiger partial charge in [-0.15, -0.1) is 0 Å². The normalized spacial score (nSPS) is 12.5. The van der Waals surface area contributed by atoms with Gasteiger partial charge in [0.15, 0.2) is 0 Å². The van der Waals surface area contributed by atoms with E-state index in [-0.39, 0.29) is 17.3 Å². The number of amides is 2. The summed E-state index contributed by atoms with van der Waals surface area (Å²) in [6.07, 6.45) is 0.581. The van der Waals surface area contributed by atoms with E-state index in [0.29, 0.717) is 12.1 Å².